The van der Waals surface area contributed by atoms with Crippen LogP contribution in [0.5, 0.6) is 0 Å². The first kappa shape index (κ1) is 25.7. The van der Waals surface area contributed by atoms with Gasteiger partial charge in [-0.05, 0) is 38.3 Å². The van der Waals surface area contributed by atoms with Crippen LogP contribution in [-0.2, 0) is 0 Å². The van der Waals surface area contributed by atoms with Crippen molar-refractivity contribution in [1.82, 2.24) is 0 Å². The number of rotatable bonds is 3. The molecule has 0 rings (SSSR count). The van der Waals surface area contributed by atoms with E-state index in [0.29, 0.717) is 19.2 Å². The van der Waals surface area contributed by atoms with Crippen LogP contribution in [0.4, 0.5) is 22.0 Å². The minimum absolute atomic E-state index is 0.0926. The molecule has 0 aliphatic carbocycles. The lowest BCUT2D eigenvalue weighted by Gasteiger charge is -1.78. The molecule has 110 valence electrons. The summed E-state index contributed by atoms with van der Waals surface area (Å²) in [5, 5.41) is 0. The molecular weight excluding hydrogens is 251 g/mol. The van der Waals surface area contributed by atoms with Gasteiger partial charge in [0.05, 0.1) is 13.9 Å². The topological polar surface area (TPSA) is 0 Å². The third-order valence-electron chi connectivity index (χ3n) is 0.919. The zero-order valence-corrected chi connectivity index (χ0v) is 11.5. The maximum atomic E-state index is 11.0. The monoisotopic (exact) mass is 274 g/mol. The van der Waals surface area contributed by atoms with Crippen molar-refractivity contribution in [3.05, 3.63) is 36.5 Å². The zero-order chi connectivity index (χ0) is 15.6. The van der Waals surface area contributed by atoms with Crippen LogP contribution in [0.1, 0.15) is 27.2 Å². The van der Waals surface area contributed by atoms with E-state index in [9.17, 15) is 22.0 Å². The average Bonchev–Trinajstić information content (AvgIpc) is 2.34. The first-order valence-corrected chi connectivity index (χ1v) is 5.06. The third-order valence-corrected chi connectivity index (χ3v) is 0.919. The summed E-state index contributed by atoms with van der Waals surface area (Å²) in [6.07, 6.45) is 0.468. The molecule has 0 aliphatic heterocycles. The molecule has 0 aromatic heterocycles. The highest BCUT2D eigenvalue weighted by atomic mass is 19.3. The van der Waals surface area contributed by atoms with E-state index in [1.807, 2.05) is 0 Å². The van der Waals surface area contributed by atoms with Gasteiger partial charge in [0, 0.05) is 0 Å². The van der Waals surface area contributed by atoms with E-state index >= 15 is 0 Å². The largest absolute Gasteiger partial charge is 0.268 e. The van der Waals surface area contributed by atoms with Crippen LogP contribution in [-0.4, -0.2) is 20.5 Å². The number of alkyl halides is 3. The molecular formula is C13H23F5. The Hall–Kier alpha value is -1.13. The standard InChI is InChI=1S/C4H6F2.2C4H7F.CH3F/c1-3(2)4(5)6;1-4(2)3-5;1-2-3-4-5;1-2/h1-2H3;1,3H2,2H3;2H,1,3-4H2;1H3. The molecule has 5 heteroatoms. The summed E-state index contributed by atoms with van der Waals surface area (Å²) < 4.78 is 53.5. The van der Waals surface area contributed by atoms with Gasteiger partial charge in [0.15, 0.2) is 0 Å². The Morgan fingerprint density at radius 2 is 1.33 bits per heavy atom. The quantitative estimate of drug-likeness (QED) is 0.449. The fourth-order valence-corrected chi connectivity index (χ4v) is 0.0772. The van der Waals surface area contributed by atoms with E-state index in [-0.39, 0.29) is 18.9 Å². The Morgan fingerprint density at radius 3 is 1.33 bits per heavy atom. The summed E-state index contributed by atoms with van der Waals surface area (Å²) in [5.74, 6) is 0. The second kappa shape index (κ2) is 24.9. The summed E-state index contributed by atoms with van der Waals surface area (Å²) >= 11 is 0. The van der Waals surface area contributed by atoms with E-state index in [4.69, 9.17) is 0 Å². The molecule has 0 saturated carbocycles. The zero-order valence-electron chi connectivity index (χ0n) is 11.5. The van der Waals surface area contributed by atoms with Crippen molar-refractivity contribution in [2.24, 2.45) is 0 Å². The second-order valence-electron chi connectivity index (χ2n) is 3.12. The Balaban J connectivity index is -0.0000000766. The van der Waals surface area contributed by atoms with Crippen LogP contribution < -0.4 is 0 Å². The van der Waals surface area contributed by atoms with Gasteiger partial charge in [-0.1, -0.05) is 12.7 Å². The highest BCUT2D eigenvalue weighted by Gasteiger charge is 1.86. The van der Waals surface area contributed by atoms with Crippen molar-refractivity contribution in [3.8, 4) is 0 Å². The molecule has 0 aliphatic rings. The summed E-state index contributed by atoms with van der Waals surface area (Å²) in [6.45, 7) is 10.3. The average molecular weight is 274 g/mol. The molecule has 0 bridgehead atoms. The van der Waals surface area contributed by atoms with E-state index in [0.717, 1.165) is 0 Å². The van der Waals surface area contributed by atoms with Crippen molar-refractivity contribution >= 4 is 0 Å². The smallest absolute Gasteiger partial charge is 0.255 e. The van der Waals surface area contributed by atoms with Gasteiger partial charge in [-0.3, -0.25) is 8.78 Å². The minimum Gasteiger partial charge on any atom is -0.255 e. The molecule has 0 atom stereocenters. The first-order chi connectivity index (χ1) is 8.33. The molecule has 0 nitrogen and oxygen atoms in total. The van der Waals surface area contributed by atoms with E-state index in [1.165, 1.54) is 13.8 Å². The van der Waals surface area contributed by atoms with Crippen molar-refractivity contribution in [3.63, 3.8) is 0 Å². The van der Waals surface area contributed by atoms with Gasteiger partial charge in [0.25, 0.3) is 6.08 Å². The van der Waals surface area contributed by atoms with Crippen molar-refractivity contribution in [2.45, 2.75) is 27.2 Å². The third kappa shape index (κ3) is 60.6. The van der Waals surface area contributed by atoms with Crippen LogP contribution in [0.2, 0.25) is 0 Å². The summed E-state index contributed by atoms with van der Waals surface area (Å²) in [5.41, 5.74) is 0.681. The van der Waals surface area contributed by atoms with E-state index < -0.39 is 6.08 Å². The maximum absolute atomic E-state index is 11.0. The predicted molar refractivity (Wildman–Crippen MR) is 69.2 cm³/mol. The van der Waals surface area contributed by atoms with Crippen molar-refractivity contribution < 1.29 is 22.0 Å². The van der Waals surface area contributed by atoms with Gasteiger partial charge in [-0.2, -0.15) is 8.78 Å². The molecule has 0 amide bonds. The van der Waals surface area contributed by atoms with Gasteiger partial charge >= 0.3 is 0 Å². The van der Waals surface area contributed by atoms with Gasteiger partial charge in [-0.25, -0.2) is 4.39 Å². The van der Waals surface area contributed by atoms with Crippen LogP contribution in [0, 0.1) is 0 Å². The predicted octanol–water partition coefficient (Wildman–Crippen LogP) is 5.83. The van der Waals surface area contributed by atoms with Gasteiger partial charge < -0.3 is 0 Å². The number of hydrogen-bond donors (Lipinski definition) is 0. The number of hydrogen-bond acceptors (Lipinski definition) is 0. The van der Waals surface area contributed by atoms with Crippen LogP contribution in [0.15, 0.2) is 36.5 Å². The Kier molecular flexibility index (Phi) is 35.5. The molecule has 0 unspecified atom stereocenters. The lowest BCUT2D eigenvalue weighted by Crippen LogP contribution is -1.67. The fourth-order valence-electron chi connectivity index (χ4n) is 0.0772. The SMILES string of the molecule is C=C(C)CF.C=CCCF.CC(C)=C(F)F.CF. The van der Waals surface area contributed by atoms with E-state index in [1.54, 1.807) is 13.0 Å². The summed E-state index contributed by atoms with van der Waals surface area (Å²) in [4.78, 5) is 0. The maximum Gasteiger partial charge on any atom is 0.268 e. The highest BCUT2D eigenvalue weighted by molar-refractivity contribution is 4.92. The fraction of sp³-hybridized carbons (Fsp3) is 0.538. The van der Waals surface area contributed by atoms with Gasteiger partial charge in [0.1, 0.15) is 6.67 Å². The Labute approximate surface area is 107 Å². The summed E-state index contributed by atoms with van der Waals surface area (Å²) in [6, 6.07) is 0. The first-order valence-electron chi connectivity index (χ1n) is 5.06. The van der Waals surface area contributed by atoms with Crippen LogP contribution in [0.25, 0.3) is 0 Å². The highest BCUT2D eigenvalue weighted by Crippen LogP contribution is 2.03. The van der Waals surface area contributed by atoms with Crippen molar-refractivity contribution in [1.29, 1.82) is 0 Å². The van der Waals surface area contributed by atoms with Gasteiger partial charge in [0.2, 0.25) is 0 Å². The minimum atomic E-state index is -1.57. The summed E-state index contributed by atoms with van der Waals surface area (Å²) in [7, 11) is 0.500. The van der Waals surface area contributed by atoms with Crippen LogP contribution in [0.3, 0.4) is 0 Å². The lowest BCUT2D eigenvalue weighted by atomic mass is 10.4. The van der Waals surface area contributed by atoms with E-state index in [2.05, 4.69) is 13.2 Å². The van der Waals surface area contributed by atoms with Gasteiger partial charge in [-0.15, -0.1) is 6.58 Å². The molecule has 0 saturated heterocycles. The molecule has 18 heavy (non-hydrogen) atoms. The van der Waals surface area contributed by atoms with Crippen LogP contribution >= 0.6 is 0 Å². The second-order valence-corrected chi connectivity index (χ2v) is 3.12. The number of halogens is 5. The lowest BCUT2D eigenvalue weighted by molar-refractivity contribution is 0.412. The molecule has 0 radical (unpaired) electrons. The molecule has 0 aromatic carbocycles. The Bertz CT molecular complexity index is 191. The Morgan fingerprint density at radius 1 is 1.06 bits per heavy atom. The molecule has 0 heterocycles. The molecule has 0 spiro atoms. The number of allylic oxidation sites excluding steroid dienone is 3. The molecule has 0 fully saturated rings. The molecule has 0 aromatic rings. The molecule has 0 N–H and O–H groups in total. The van der Waals surface area contributed by atoms with Crippen molar-refractivity contribution in [2.75, 3.05) is 20.5 Å². The normalized spacial score (nSPS) is 7.17.